The van der Waals surface area contributed by atoms with Crippen molar-refractivity contribution in [1.29, 1.82) is 0 Å². The molecule has 2 unspecified atom stereocenters. The van der Waals surface area contributed by atoms with E-state index in [1.54, 1.807) is 6.07 Å². The second-order valence-electron chi connectivity index (χ2n) is 5.49. The Balaban J connectivity index is 2.07. The summed E-state index contributed by atoms with van der Waals surface area (Å²) in [5, 5.41) is 2.78. The van der Waals surface area contributed by atoms with Gasteiger partial charge in [0.05, 0.1) is 11.4 Å². The lowest BCUT2D eigenvalue weighted by Crippen LogP contribution is -2.24. The zero-order chi connectivity index (χ0) is 14.0. The van der Waals surface area contributed by atoms with Crippen LogP contribution in [0, 0.1) is 11.8 Å². The summed E-state index contributed by atoms with van der Waals surface area (Å²) in [7, 11) is 2.06. The van der Waals surface area contributed by atoms with Crippen molar-refractivity contribution in [3.63, 3.8) is 0 Å². The first-order chi connectivity index (χ1) is 9.02. The average molecular weight is 261 g/mol. The first-order valence-corrected chi connectivity index (χ1v) is 6.91. The number of nitrogens with two attached hydrogens (primary N) is 1. The normalized spacial score (nSPS) is 21.0. The molecule has 1 amide bonds. The molecular formula is C15H23N3O. The average Bonchev–Trinajstić information content (AvgIpc) is 3.04. The Morgan fingerprint density at radius 2 is 2.21 bits per heavy atom. The number of carbonyl (C=O) groups excluding carboxylic acids is 1. The lowest BCUT2D eigenvalue weighted by Gasteiger charge is -2.21. The largest absolute Gasteiger partial charge is 0.397 e. The van der Waals surface area contributed by atoms with Gasteiger partial charge in [-0.1, -0.05) is 6.92 Å². The van der Waals surface area contributed by atoms with Crippen LogP contribution in [-0.2, 0) is 0 Å². The van der Waals surface area contributed by atoms with E-state index >= 15 is 0 Å². The highest BCUT2D eigenvalue weighted by Gasteiger charge is 2.33. The Bertz CT molecular complexity index is 472. The van der Waals surface area contributed by atoms with Crippen LogP contribution >= 0.6 is 0 Å². The molecule has 1 aliphatic carbocycles. The maximum atomic E-state index is 11.7. The quantitative estimate of drug-likeness (QED) is 0.798. The standard InChI is InChI=1S/C15H23N3O/c1-4-17-15(19)11-5-6-14(13(16)8-11)18(3)9-12-7-10(12)2/h5-6,8,10,12H,4,7,9,16H2,1-3H3,(H,17,19). The van der Waals surface area contributed by atoms with Gasteiger partial charge in [-0.25, -0.2) is 0 Å². The molecule has 1 saturated carbocycles. The molecule has 4 nitrogen and oxygen atoms in total. The minimum absolute atomic E-state index is 0.0702. The summed E-state index contributed by atoms with van der Waals surface area (Å²) in [5.74, 6) is 1.55. The second kappa shape index (κ2) is 5.51. The number of benzene rings is 1. The summed E-state index contributed by atoms with van der Waals surface area (Å²) in [5.41, 5.74) is 8.36. The van der Waals surface area contributed by atoms with E-state index in [-0.39, 0.29) is 5.91 Å². The van der Waals surface area contributed by atoms with Crippen LogP contribution in [0.1, 0.15) is 30.6 Å². The summed E-state index contributed by atoms with van der Waals surface area (Å²) in [6, 6.07) is 5.53. The fourth-order valence-corrected chi connectivity index (χ4v) is 2.41. The molecule has 1 aliphatic rings. The third-order valence-corrected chi connectivity index (χ3v) is 3.82. The molecule has 1 aromatic carbocycles. The van der Waals surface area contributed by atoms with Gasteiger partial charge >= 0.3 is 0 Å². The van der Waals surface area contributed by atoms with Crippen molar-refractivity contribution < 1.29 is 4.79 Å². The van der Waals surface area contributed by atoms with Crippen molar-refractivity contribution in [3.05, 3.63) is 23.8 Å². The van der Waals surface area contributed by atoms with E-state index in [9.17, 15) is 4.79 Å². The third-order valence-electron chi connectivity index (χ3n) is 3.82. The van der Waals surface area contributed by atoms with Gasteiger partial charge in [-0.05, 0) is 43.4 Å². The molecule has 0 saturated heterocycles. The number of hydrogen-bond donors (Lipinski definition) is 2. The molecule has 0 aromatic heterocycles. The summed E-state index contributed by atoms with van der Waals surface area (Å²) in [6.45, 7) is 5.84. The number of nitrogens with zero attached hydrogens (tertiary/aromatic N) is 1. The monoisotopic (exact) mass is 261 g/mol. The highest BCUT2D eigenvalue weighted by atomic mass is 16.1. The number of amides is 1. The number of carbonyl (C=O) groups is 1. The highest BCUT2D eigenvalue weighted by Crippen LogP contribution is 2.39. The van der Waals surface area contributed by atoms with Crippen LogP contribution < -0.4 is 16.0 Å². The predicted molar refractivity (Wildman–Crippen MR) is 79.4 cm³/mol. The predicted octanol–water partition coefficient (Wildman–Crippen LogP) is 2.11. The molecule has 2 rings (SSSR count). The highest BCUT2D eigenvalue weighted by molar-refractivity contribution is 5.96. The van der Waals surface area contributed by atoms with Gasteiger partial charge in [0, 0.05) is 25.7 Å². The van der Waals surface area contributed by atoms with E-state index in [0.717, 1.165) is 24.1 Å². The van der Waals surface area contributed by atoms with E-state index in [1.807, 2.05) is 19.1 Å². The van der Waals surface area contributed by atoms with Crippen molar-refractivity contribution in [2.45, 2.75) is 20.3 Å². The van der Waals surface area contributed by atoms with Gasteiger partial charge in [0.1, 0.15) is 0 Å². The van der Waals surface area contributed by atoms with Crippen LogP contribution in [0.25, 0.3) is 0 Å². The van der Waals surface area contributed by atoms with Crippen LogP contribution in [0.3, 0.4) is 0 Å². The smallest absolute Gasteiger partial charge is 0.251 e. The molecule has 0 heterocycles. The van der Waals surface area contributed by atoms with Crippen molar-refractivity contribution in [3.8, 4) is 0 Å². The molecule has 0 spiro atoms. The maximum Gasteiger partial charge on any atom is 0.251 e. The molecule has 1 aromatic rings. The minimum atomic E-state index is -0.0702. The van der Waals surface area contributed by atoms with E-state index in [0.29, 0.717) is 17.8 Å². The molecule has 0 bridgehead atoms. The zero-order valence-corrected chi connectivity index (χ0v) is 11.9. The fraction of sp³-hybridized carbons (Fsp3) is 0.533. The summed E-state index contributed by atoms with van der Waals surface area (Å²) < 4.78 is 0. The van der Waals surface area contributed by atoms with E-state index in [4.69, 9.17) is 5.73 Å². The van der Waals surface area contributed by atoms with Gasteiger partial charge in [0.2, 0.25) is 0 Å². The van der Waals surface area contributed by atoms with Gasteiger partial charge in [0.25, 0.3) is 5.91 Å². The third kappa shape index (κ3) is 3.19. The first-order valence-electron chi connectivity index (χ1n) is 6.91. The number of hydrogen-bond acceptors (Lipinski definition) is 3. The molecule has 4 heteroatoms. The van der Waals surface area contributed by atoms with Gasteiger partial charge in [-0.2, -0.15) is 0 Å². The minimum Gasteiger partial charge on any atom is -0.397 e. The Morgan fingerprint density at radius 1 is 1.53 bits per heavy atom. The molecule has 0 radical (unpaired) electrons. The van der Waals surface area contributed by atoms with Gasteiger partial charge in [-0.3, -0.25) is 4.79 Å². The van der Waals surface area contributed by atoms with Gasteiger partial charge in [-0.15, -0.1) is 0 Å². The van der Waals surface area contributed by atoms with Gasteiger partial charge < -0.3 is 16.0 Å². The van der Waals surface area contributed by atoms with Crippen LogP contribution in [0.15, 0.2) is 18.2 Å². The molecular weight excluding hydrogens is 238 g/mol. The lowest BCUT2D eigenvalue weighted by atomic mass is 10.1. The summed E-state index contributed by atoms with van der Waals surface area (Å²) in [6.07, 6.45) is 1.31. The Labute approximate surface area is 115 Å². The van der Waals surface area contributed by atoms with Crippen molar-refractivity contribution >= 4 is 17.3 Å². The molecule has 2 atom stereocenters. The summed E-state index contributed by atoms with van der Waals surface area (Å²) in [4.78, 5) is 13.9. The van der Waals surface area contributed by atoms with Gasteiger partial charge in [0.15, 0.2) is 0 Å². The molecule has 3 N–H and O–H groups in total. The lowest BCUT2D eigenvalue weighted by molar-refractivity contribution is 0.0956. The SMILES string of the molecule is CCNC(=O)c1ccc(N(C)CC2CC2C)c(N)c1. The van der Waals surface area contributed by atoms with Crippen molar-refractivity contribution in [1.82, 2.24) is 5.32 Å². The van der Waals surface area contributed by atoms with Crippen molar-refractivity contribution in [2.24, 2.45) is 11.8 Å². The Kier molecular flexibility index (Phi) is 3.98. The van der Waals surface area contributed by atoms with Crippen LogP contribution in [-0.4, -0.2) is 26.0 Å². The van der Waals surface area contributed by atoms with Crippen LogP contribution in [0.4, 0.5) is 11.4 Å². The summed E-state index contributed by atoms with van der Waals surface area (Å²) >= 11 is 0. The number of anilines is 2. The molecule has 1 fully saturated rings. The van der Waals surface area contributed by atoms with E-state index < -0.39 is 0 Å². The zero-order valence-electron chi connectivity index (χ0n) is 11.9. The van der Waals surface area contributed by atoms with Crippen LogP contribution in [0.5, 0.6) is 0 Å². The van der Waals surface area contributed by atoms with E-state index in [2.05, 4.69) is 24.2 Å². The molecule has 0 aliphatic heterocycles. The molecule has 19 heavy (non-hydrogen) atoms. The topological polar surface area (TPSA) is 58.4 Å². The Hall–Kier alpha value is -1.71. The first kappa shape index (κ1) is 13.7. The number of rotatable bonds is 5. The second-order valence-corrected chi connectivity index (χ2v) is 5.49. The number of nitrogens with one attached hydrogen (secondary N) is 1. The fourth-order valence-electron chi connectivity index (χ4n) is 2.41. The molecule has 104 valence electrons. The maximum absolute atomic E-state index is 11.7. The van der Waals surface area contributed by atoms with Crippen LogP contribution in [0.2, 0.25) is 0 Å². The van der Waals surface area contributed by atoms with Crippen molar-refractivity contribution in [2.75, 3.05) is 30.8 Å². The number of nitrogen functional groups attached to an aromatic ring is 1. The Morgan fingerprint density at radius 3 is 2.74 bits per heavy atom. The van der Waals surface area contributed by atoms with E-state index in [1.165, 1.54) is 6.42 Å².